The molecule has 0 bridgehead atoms. The van der Waals surface area contributed by atoms with Gasteiger partial charge in [0.2, 0.25) is 0 Å². The number of nitrogen functional groups attached to an aromatic ring is 1. The molecule has 0 saturated carbocycles. The lowest BCUT2D eigenvalue weighted by Crippen LogP contribution is -2.34. The van der Waals surface area contributed by atoms with Crippen LogP contribution in [0.5, 0.6) is 0 Å². The van der Waals surface area contributed by atoms with E-state index in [4.69, 9.17) is 15.2 Å². The van der Waals surface area contributed by atoms with Crippen LogP contribution in [-0.4, -0.2) is 32.3 Å². The monoisotopic (exact) mass is 264 g/mol. The van der Waals surface area contributed by atoms with E-state index in [2.05, 4.69) is 19.2 Å². The van der Waals surface area contributed by atoms with Crippen LogP contribution in [0.2, 0.25) is 0 Å². The molecule has 1 aromatic carbocycles. The number of esters is 1. The summed E-state index contributed by atoms with van der Waals surface area (Å²) < 4.78 is 10.2. The average molecular weight is 264 g/mol. The van der Waals surface area contributed by atoms with Crippen LogP contribution in [0.1, 0.15) is 24.2 Å². The van der Waals surface area contributed by atoms with Crippen LogP contribution >= 0.6 is 0 Å². The molecule has 0 aromatic heterocycles. The van der Waals surface area contributed by atoms with E-state index in [1.807, 2.05) is 0 Å². The molecule has 2 rings (SSSR count). The number of rotatable bonds is 3. The minimum Gasteiger partial charge on any atom is -0.465 e. The highest BCUT2D eigenvalue weighted by molar-refractivity contribution is 5.92. The molecule has 19 heavy (non-hydrogen) atoms. The van der Waals surface area contributed by atoms with Crippen molar-refractivity contribution in [2.75, 3.05) is 31.4 Å². The normalized spacial score (nSPS) is 21.1. The Morgan fingerprint density at radius 1 is 1.53 bits per heavy atom. The molecule has 1 aliphatic heterocycles. The average Bonchev–Trinajstić information content (AvgIpc) is 2.70. The Bertz CT molecular complexity index is 486. The Labute approximate surface area is 113 Å². The molecule has 3 N–H and O–H groups in total. The Hall–Kier alpha value is -1.75. The lowest BCUT2D eigenvalue weighted by Gasteiger charge is -2.27. The summed E-state index contributed by atoms with van der Waals surface area (Å²) >= 11 is 0. The highest BCUT2D eigenvalue weighted by Gasteiger charge is 2.35. The first-order chi connectivity index (χ1) is 8.94. The number of methoxy groups -OCH3 is 1. The minimum atomic E-state index is -0.370. The van der Waals surface area contributed by atoms with Gasteiger partial charge < -0.3 is 20.5 Å². The van der Waals surface area contributed by atoms with E-state index in [1.54, 1.807) is 18.2 Å². The number of hydrogen-bond donors (Lipinski definition) is 2. The zero-order chi connectivity index (χ0) is 14.0. The molecule has 0 spiro atoms. The van der Waals surface area contributed by atoms with E-state index >= 15 is 0 Å². The van der Waals surface area contributed by atoms with Crippen LogP contribution < -0.4 is 11.1 Å². The lowest BCUT2D eigenvalue weighted by molar-refractivity contribution is 0.0601. The van der Waals surface area contributed by atoms with Gasteiger partial charge >= 0.3 is 5.97 Å². The van der Waals surface area contributed by atoms with Crippen molar-refractivity contribution in [3.8, 4) is 0 Å². The van der Waals surface area contributed by atoms with Crippen LogP contribution in [0.3, 0.4) is 0 Å². The summed E-state index contributed by atoms with van der Waals surface area (Å²) in [5.41, 5.74) is 7.81. The number of carbonyl (C=O) groups is 1. The highest BCUT2D eigenvalue weighted by Crippen LogP contribution is 2.32. The molecule has 0 aliphatic carbocycles. The minimum absolute atomic E-state index is 0.0354. The van der Waals surface area contributed by atoms with E-state index in [9.17, 15) is 4.79 Å². The second-order valence-electron chi connectivity index (χ2n) is 5.49. The molecule has 1 aromatic rings. The first kappa shape index (κ1) is 13.7. The van der Waals surface area contributed by atoms with Crippen molar-refractivity contribution in [3.05, 3.63) is 23.8 Å². The maximum absolute atomic E-state index is 11.5. The molecule has 1 fully saturated rings. The van der Waals surface area contributed by atoms with Gasteiger partial charge in [0.05, 0.1) is 43.3 Å². The van der Waals surface area contributed by atoms with Crippen LogP contribution in [-0.2, 0) is 9.47 Å². The predicted molar refractivity (Wildman–Crippen MR) is 74.2 cm³/mol. The third-order valence-electron chi connectivity index (χ3n) is 3.51. The maximum atomic E-state index is 11.5. The van der Waals surface area contributed by atoms with Crippen LogP contribution in [0, 0.1) is 5.41 Å². The summed E-state index contributed by atoms with van der Waals surface area (Å²) in [6.07, 6.45) is 0. The van der Waals surface area contributed by atoms with Gasteiger partial charge in [0.25, 0.3) is 0 Å². The Balaban J connectivity index is 2.22. The number of ether oxygens (including phenoxy) is 2. The molecule has 104 valence electrons. The van der Waals surface area contributed by atoms with Gasteiger partial charge in [-0.25, -0.2) is 4.79 Å². The molecular formula is C14H20N2O3. The Kier molecular flexibility index (Phi) is 3.66. The van der Waals surface area contributed by atoms with E-state index in [-0.39, 0.29) is 17.4 Å². The fraction of sp³-hybridized carbons (Fsp3) is 0.500. The molecule has 0 unspecified atom stereocenters. The summed E-state index contributed by atoms with van der Waals surface area (Å²) in [5.74, 6) is -0.370. The lowest BCUT2D eigenvalue weighted by atomic mass is 9.87. The number of hydrogen-bond acceptors (Lipinski definition) is 5. The summed E-state index contributed by atoms with van der Waals surface area (Å²) in [5, 5.41) is 3.36. The smallest absolute Gasteiger partial charge is 0.337 e. The van der Waals surface area contributed by atoms with Crippen LogP contribution in [0.4, 0.5) is 11.4 Å². The Morgan fingerprint density at radius 3 is 2.84 bits per heavy atom. The number of benzene rings is 1. The quantitative estimate of drug-likeness (QED) is 0.644. The topological polar surface area (TPSA) is 73.6 Å². The van der Waals surface area contributed by atoms with Crippen molar-refractivity contribution in [2.45, 2.75) is 19.9 Å². The van der Waals surface area contributed by atoms with Gasteiger partial charge in [-0.2, -0.15) is 0 Å². The zero-order valence-corrected chi connectivity index (χ0v) is 11.5. The van der Waals surface area contributed by atoms with Crippen molar-refractivity contribution in [2.24, 2.45) is 5.41 Å². The van der Waals surface area contributed by atoms with Gasteiger partial charge in [-0.15, -0.1) is 0 Å². The largest absolute Gasteiger partial charge is 0.465 e. The first-order valence-electron chi connectivity index (χ1n) is 6.26. The summed E-state index contributed by atoms with van der Waals surface area (Å²) in [6, 6.07) is 5.25. The molecule has 0 radical (unpaired) electrons. The second kappa shape index (κ2) is 5.09. The number of nitrogens with two attached hydrogens (primary N) is 1. The molecule has 5 nitrogen and oxygen atoms in total. The molecule has 1 aliphatic rings. The molecule has 5 heteroatoms. The molecule has 1 atom stereocenters. The van der Waals surface area contributed by atoms with Gasteiger partial charge in [-0.3, -0.25) is 0 Å². The second-order valence-corrected chi connectivity index (χ2v) is 5.49. The van der Waals surface area contributed by atoms with Gasteiger partial charge in [0.1, 0.15) is 0 Å². The maximum Gasteiger partial charge on any atom is 0.337 e. The number of carbonyl (C=O) groups excluding carboxylic acids is 1. The van der Waals surface area contributed by atoms with E-state index in [0.29, 0.717) is 24.5 Å². The van der Waals surface area contributed by atoms with Crippen LogP contribution in [0.15, 0.2) is 18.2 Å². The summed E-state index contributed by atoms with van der Waals surface area (Å²) in [4.78, 5) is 11.5. The summed E-state index contributed by atoms with van der Waals surface area (Å²) in [7, 11) is 1.36. The molecule has 1 heterocycles. The van der Waals surface area contributed by atoms with Crippen molar-refractivity contribution >= 4 is 17.3 Å². The number of nitrogens with one attached hydrogen (secondary N) is 1. The van der Waals surface area contributed by atoms with Crippen molar-refractivity contribution in [1.29, 1.82) is 0 Å². The van der Waals surface area contributed by atoms with Crippen LogP contribution in [0.25, 0.3) is 0 Å². The van der Waals surface area contributed by atoms with E-state index in [0.717, 1.165) is 5.69 Å². The van der Waals surface area contributed by atoms with E-state index < -0.39 is 0 Å². The third kappa shape index (κ3) is 2.81. The Morgan fingerprint density at radius 2 is 2.26 bits per heavy atom. The predicted octanol–water partition coefficient (Wildman–Crippen LogP) is 1.89. The fourth-order valence-corrected chi connectivity index (χ4v) is 2.12. The third-order valence-corrected chi connectivity index (χ3v) is 3.51. The van der Waals surface area contributed by atoms with Gasteiger partial charge in [0.15, 0.2) is 0 Å². The molecular weight excluding hydrogens is 244 g/mol. The SMILES string of the molecule is COC(=O)c1ccc(N)c(N[C@H]2COCC2(C)C)c1. The van der Waals surface area contributed by atoms with Gasteiger partial charge in [-0.1, -0.05) is 13.8 Å². The van der Waals surface area contributed by atoms with Crippen molar-refractivity contribution in [1.82, 2.24) is 0 Å². The molecule has 1 saturated heterocycles. The summed E-state index contributed by atoms with van der Waals surface area (Å²) in [6.45, 7) is 5.62. The first-order valence-corrected chi connectivity index (χ1v) is 6.26. The standard InChI is InChI=1S/C14H20N2O3/c1-14(2)8-19-7-12(14)16-11-6-9(13(17)18-3)4-5-10(11)15/h4-6,12,16H,7-8,15H2,1-3H3/t12-/m0/s1. The van der Waals surface area contributed by atoms with Crippen molar-refractivity contribution in [3.63, 3.8) is 0 Å². The fourth-order valence-electron chi connectivity index (χ4n) is 2.12. The number of anilines is 2. The van der Waals surface area contributed by atoms with E-state index in [1.165, 1.54) is 7.11 Å². The van der Waals surface area contributed by atoms with Gasteiger partial charge in [0, 0.05) is 5.41 Å². The molecule has 0 amide bonds. The van der Waals surface area contributed by atoms with Crippen molar-refractivity contribution < 1.29 is 14.3 Å². The zero-order valence-electron chi connectivity index (χ0n) is 11.5. The highest BCUT2D eigenvalue weighted by atomic mass is 16.5. The van der Waals surface area contributed by atoms with Gasteiger partial charge in [-0.05, 0) is 18.2 Å².